The van der Waals surface area contributed by atoms with Gasteiger partial charge in [0.1, 0.15) is 0 Å². The molecule has 2 heterocycles. The van der Waals surface area contributed by atoms with Gasteiger partial charge in [-0.05, 0) is 38.0 Å². The molecule has 1 saturated heterocycles. The molecule has 1 aliphatic heterocycles. The number of rotatable bonds is 6. The first-order chi connectivity index (χ1) is 9.70. The first-order valence-electron chi connectivity index (χ1n) is 7.63. The van der Waals surface area contributed by atoms with Crippen LogP contribution in [-0.2, 0) is 6.54 Å². The number of anilines is 1. The summed E-state index contributed by atoms with van der Waals surface area (Å²) in [4.78, 5) is 14.3. The quantitative estimate of drug-likeness (QED) is 0.804. The van der Waals surface area contributed by atoms with Crippen LogP contribution in [0.4, 0.5) is 5.69 Å². The molecule has 1 fully saturated rings. The number of hydrogen-bond donors (Lipinski definition) is 1. The van der Waals surface area contributed by atoms with Crippen molar-refractivity contribution < 1.29 is 5.11 Å². The molecule has 0 amide bonds. The molecule has 1 aromatic rings. The summed E-state index contributed by atoms with van der Waals surface area (Å²) < 4.78 is 1.52. The van der Waals surface area contributed by atoms with Crippen molar-refractivity contribution in [3.8, 4) is 0 Å². The molecule has 0 bridgehead atoms. The number of aryl methyl sites for hydroxylation is 1. The Labute approximate surface area is 120 Å². The third kappa shape index (κ3) is 4.07. The molecule has 5 heteroatoms. The molecule has 0 spiro atoms. The predicted octanol–water partition coefficient (Wildman–Crippen LogP) is 1.64. The molecule has 0 radical (unpaired) electrons. The largest absolute Gasteiger partial charge is 0.396 e. The SMILES string of the molecule is CC1CCCN(c2cnn(CCCCCO)c(=O)c2)C1. The number of piperidine rings is 1. The van der Waals surface area contributed by atoms with Gasteiger partial charge >= 0.3 is 0 Å². The Kier molecular flexibility index (Phi) is 5.59. The van der Waals surface area contributed by atoms with Crippen LogP contribution in [0.15, 0.2) is 17.1 Å². The van der Waals surface area contributed by atoms with Gasteiger partial charge in [0, 0.05) is 32.3 Å². The highest BCUT2D eigenvalue weighted by Gasteiger charge is 2.17. The predicted molar refractivity (Wildman–Crippen MR) is 80.0 cm³/mol. The van der Waals surface area contributed by atoms with E-state index in [9.17, 15) is 4.79 Å². The van der Waals surface area contributed by atoms with Crippen molar-refractivity contribution in [2.24, 2.45) is 5.92 Å². The third-order valence-corrected chi connectivity index (χ3v) is 3.91. The second-order valence-electron chi connectivity index (χ2n) is 5.75. The fourth-order valence-corrected chi connectivity index (χ4v) is 2.74. The summed E-state index contributed by atoms with van der Waals surface area (Å²) in [6, 6.07) is 1.71. The second-order valence-corrected chi connectivity index (χ2v) is 5.75. The number of aliphatic hydroxyl groups is 1. The Morgan fingerprint density at radius 2 is 2.25 bits per heavy atom. The van der Waals surface area contributed by atoms with Gasteiger partial charge in [-0.2, -0.15) is 5.10 Å². The lowest BCUT2D eigenvalue weighted by Gasteiger charge is -2.32. The van der Waals surface area contributed by atoms with Crippen LogP contribution < -0.4 is 10.5 Å². The summed E-state index contributed by atoms with van der Waals surface area (Å²) in [6.45, 7) is 5.14. The molecular weight excluding hydrogens is 254 g/mol. The maximum Gasteiger partial charge on any atom is 0.268 e. The van der Waals surface area contributed by atoms with E-state index in [4.69, 9.17) is 5.11 Å². The van der Waals surface area contributed by atoms with E-state index < -0.39 is 0 Å². The highest BCUT2D eigenvalue weighted by Crippen LogP contribution is 2.20. The molecule has 1 atom stereocenters. The molecule has 1 aromatic heterocycles. The Bertz CT molecular complexity index is 472. The van der Waals surface area contributed by atoms with Crippen LogP contribution in [0.1, 0.15) is 39.0 Å². The van der Waals surface area contributed by atoms with Crippen molar-refractivity contribution >= 4 is 5.69 Å². The summed E-state index contributed by atoms with van der Waals surface area (Å²) in [6.07, 6.45) is 6.87. The van der Waals surface area contributed by atoms with Crippen LogP contribution >= 0.6 is 0 Å². The summed E-state index contributed by atoms with van der Waals surface area (Å²) in [5, 5.41) is 13.0. The molecule has 1 N–H and O–H groups in total. The van der Waals surface area contributed by atoms with Gasteiger partial charge in [0.05, 0.1) is 11.9 Å². The van der Waals surface area contributed by atoms with E-state index in [1.807, 2.05) is 6.20 Å². The molecule has 20 heavy (non-hydrogen) atoms. The van der Waals surface area contributed by atoms with Gasteiger partial charge in [-0.3, -0.25) is 4.79 Å². The Morgan fingerprint density at radius 1 is 1.40 bits per heavy atom. The van der Waals surface area contributed by atoms with Crippen LogP contribution in [0.2, 0.25) is 0 Å². The minimum Gasteiger partial charge on any atom is -0.396 e. The van der Waals surface area contributed by atoms with E-state index >= 15 is 0 Å². The molecule has 2 rings (SSSR count). The molecule has 0 aliphatic carbocycles. The van der Waals surface area contributed by atoms with Crippen molar-refractivity contribution in [1.29, 1.82) is 0 Å². The summed E-state index contributed by atoms with van der Waals surface area (Å²) in [5.41, 5.74) is 0.929. The van der Waals surface area contributed by atoms with Gasteiger partial charge in [0.25, 0.3) is 5.56 Å². The van der Waals surface area contributed by atoms with E-state index in [2.05, 4.69) is 16.9 Å². The van der Waals surface area contributed by atoms with E-state index in [-0.39, 0.29) is 12.2 Å². The van der Waals surface area contributed by atoms with E-state index in [0.29, 0.717) is 12.5 Å². The number of aliphatic hydroxyl groups excluding tert-OH is 1. The smallest absolute Gasteiger partial charge is 0.268 e. The van der Waals surface area contributed by atoms with Crippen LogP contribution in [0.25, 0.3) is 0 Å². The summed E-state index contributed by atoms with van der Waals surface area (Å²) >= 11 is 0. The average molecular weight is 279 g/mol. The van der Waals surface area contributed by atoms with Crippen molar-refractivity contribution in [3.05, 3.63) is 22.6 Å². The van der Waals surface area contributed by atoms with Gasteiger partial charge in [-0.25, -0.2) is 4.68 Å². The molecule has 1 unspecified atom stereocenters. The molecule has 5 nitrogen and oxygen atoms in total. The topological polar surface area (TPSA) is 58.4 Å². The van der Waals surface area contributed by atoms with Gasteiger partial charge in [0.2, 0.25) is 0 Å². The molecule has 0 aromatic carbocycles. The van der Waals surface area contributed by atoms with Crippen molar-refractivity contribution in [1.82, 2.24) is 9.78 Å². The van der Waals surface area contributed by atoms with Crippen LogP contribution in [0.5, 0.6) is 0 Å². The number of aromatic nitrogens is 2. The molecule has 1 aliphatic rings. The molecule has 0 saturated carbocycles. The second kappa shape index (κ2) is 7.43. The number of hydrogen-bond acceptors (Lipinski definition) is 4. The van der Waals surface area contributed by atoms with Crippen molar-refractivity contribution in [2.75, 3.05) is 24.6 Å². The summed E-state index contributed by atoms with van der Waals surface area (Å²) in [7, 11) is 0. The zero-order valence-corrected chi connectivity index (χ0v) is 12.3. The van der Waals surface area contributed by atoms with E-state index in [1.165, 1.54) is 17.5 Å². The van der Waals surface area contributed by atoms with Gasteiger partial charge in [0.15, 0.2) is 0 Å². The van der Waals surface area contributed by atoms with Crippen molar-refractivity contribution in [2.45, 2.75) is 45.6 Å². The summed E-state index contributed by atoms with van der Waals surface area (Å²) in [5.74, 6) is 0.685. The fourth-order valence-electron chi connectivity index (χ4n) is 2.74. The lowest BCUT2D eigenvalue weighted by atomic mass is 10.00. The first kappa shape index (κ1) is 15.0. The Balaban J connectivity index is 1.96. The lowest BCUT2D eigenvalue weighted by Crippen LogP contribution is -2.35. The monoisotopic (exact) mass is 279 g/mol. The zero-order chi connectivity index (χ0) is 14.4. The maximum absolute atomic E-state index is 12.1. The van der Waals surface area contributed by atoms with Gasteiger partial charge < -0.3 is 10.0 Å². The Morgan fingerprint density at radius 3 is 2.95 bits per heavy atom. The number of unbranched alkanes of at least 4 members (excludes halogenated alkanes) is 2. The van der Waals surface area contributed by atoms with E-state index in [0.717, 1.165) is 38.0 Å². The molecular formula is C15H25N3O2. The standard InChI is InChI=1S/C15H25N3O2/c1-13-6-5-7-17(12-13)14-10-15(20)18(16-11-14)8-3-2-4-9-19/h10-11,13,19H,2-9,12H2,1H3. The minimum absolute atomic E-state index is 0.0234. The first-order valence-corrected chi connectivity index (χ1v) is 7.63. The Hall–Kier alpha value is -1.36. The third-order valence-electron chi connectivity index (χ3n) is 3.91. The number of nitrogens with zero attached hydrogens (tertiary/aromatic N) is 3. The highest BCUT2D eigenvalue weighted by atomic mass is 16.2. The van der Waals surface area contributed by atoms with Crippen LogP contribution in [0, 0.1) is 5.92 Å². The van der Waals surface area contributed by atoms with Gasteiger partial charge in [-0.1, -0.05) is 6.92 Å². The minimum atomic E-state index is -0.0234. The average Bonchev–Trinajstić information content (AvgIpc) is 2.45. The lowest BCUT2D eigenvalue weighted by molar-refractivity contribution is 0.281. The van der Waals surface area contributed by atoms with Gasteiger partial charge in [-0.15, -0.1) is 0 Å². The van der Waals surface area contributed by atoms with Crippen LogP contribution in [-0.4, -0.2) is 34.6 Å². The zero-order valence-electron chi connectivity index (χ0n) is 12.3. The molecule has 112 valence electrons. The van der Waals surface area contributed by atoms with E-state index in [1.54, 1.807) is 6.07 Å². The van der Waals surface area contributed by atoms with Crippen molar-refractivity contribution in [3.63, 3.8) is 0 Å². The van der Waals surface area contributed by atoms with Crippen LogP contribution in [0.3, 0.4) is 0 Å². The fraction of sp³-hybridized carbons (Fsp3) is 0.733. The maximum atomic E-state index is 12.1. The highest BCUT2D eigenvalue weighted by molar-refractivity contribution is 5.43. The normalized spacial score (nSPS) is 19.3.